The van der Waals surface area contributed by atoms with Gasteiger partial charge in [-0.1, -0.05) is 13.8 Å². The van der Waals surface area contributed by atoms with E-state index in [1.807, 2.05) is 13.8 Å². The normalized spacial score (nSPS) is 20.6. The molecule has 1 aliphatic carbocycles. The zero-order chi connectivity index (χ0) is 36.4. The van der Waals surface area contributed by atoms with Gasteiger partial charge in [0.25, 0.3) is 0 Å². The third-order valence-electron chi connectivity index (χ3n) is 8.65. The van der Waals surface area contributed by atoms with E-state index in [2.05, 4.69) is 0 Å². The molecule has 266 valence electrons. The number of carbonyl (C=O) groups excluding carboxylic acids is 1. The Bertz CT molecular complexity index is 1700. The molecule has 1 heterocycles. The maximum Gasteiger partial charge on any atom is 0.418 e. The highest BCUT2D eigenvalue weighted by Gasteiger charge is 2.45. The summed E-state index contributed by atoms with van der Waals surface area (Å²) in [6.45, 7) is 4.98. The molecule has 4 rings (SSSR count). The number of hydrogen-bond donors (Lipinski definition) is 0. The Balaban J connectivity index is 1.84. The average Bonchev–Trinajstić information content (AvgIpc) is 3.22. The molecular formula is C31H33F9N2O5S. The van der Waals surface area contributed by atoms with Crippen molar-refractivity contribution in [3.8, 4) is 5.75 Å². The van der Waals surface area contributed by atoms with Crippen LogP contribution in [0.25, 0.3) is 5.57 Å². The molecule has 0 saturated carbocycles. The fourth-order valence-corrected chi connectivity index (χ4v) is 6.55. The Morgan fingerprint density at radius 3 is 2.00 bits per heavy atom. The molecule has 2 aromatic carbocycles. The van der Waals surface area contributed by atoms with Gasteiger partial charge in [0.05, 0.1) is 41.8 Å². The van der Waals surface area contributed by atoms with Crippen molar-refractivity contribution in [3.05, 3.63) is 63.7 Å². The summed E-state index contributed by atoms with van der Waals surface area (Å²) in [6, 6.07) is 1.62. The van der Waals surface area contributed by atoms with Crippen LogP contribution >= 0.6 is 0 Å². The molecule has 0 unspecified atom stereocenters. The Morgan fingerprint density at radius 2 is 1.52 bits per heavy atom. The first-order valence-corrected chi connectivity index (χ1v) is 16.3. The van der Waals surface area contributed by atoms with E-state index < -0.39 is 74.7 Å². The zero-order valence-corrected chi connectivity index (χ0v) is 27.4. The first-order valence-electron chi connectivity index (χ1n) is 14.5. The second-order valence-electron chi connectivity index (χ2n) is 12.7. The number of benzene rings is 2. The highest BCUT2D eigenvalue weighted by atomic mass is 32.2. The predicted octanol–water partition coefficient (Wildman–Crippen LogP) is 8.69. The van der Waals surface area contributed by atoms with Crippen LogP contribution in [0.3, 0.4) is 0 Å². The number of anilines is 1. The van der Waals surface area contributed by atoms with Crippen molar-refractivity contribution in [3.63, 3.8) is 0 Å². The monoisotopic (exact) mass is 716 g/mol. The van der Waals surface area contributed by atoms with Gasteiger partial charge in [0.15, 0.2) is 0 Å². The summed E-state index contributed by atoms with van der Waals surface area (Å²) in [5.74, 6) is -0.223. The second kappa shape index (κ2) is 12.4. The molecule has 1 fully saturated rings. The van der Waals surface area contributed by atoms with Gasteiger partial charge in [-0.25, -0.2) is 13.2 Å². The highest BCUT2D eigenvalue weighted by molar-refractivity contribution is 7.92. The number of carbonyl (C=O) groups is 1. The molecule has 1 amide bonds. The number of methoxy groups -OCH3 is 1. The van der Waals surface area contributed by atoms with E-state index in [1.165, 1.54) is 6.92 Å². The summed E-state index contributed by atoms with van der Waals surface area (Å²) in [5, 5.41) is 0. The largest absolute Gasteiger partial charge is 0.496 e. The van der Waals surface area contributed by atoms with Gasteiger partial charge in [-0.15, -0.1) is 0 Å². The van der Waals surface area contributed by atoms with Crippen molar-refractivity contribution in [1.82, 2.24) is 4.90 Å². The Labute approximate surface area is 271 Å². The lowest BCUT2D eigenvalue weighted by molar-refractivity contribution is -0.143. The van der Waals surface area contributed by atoms with E-state index in [-0.39, 0.29) is 42.2 Å². The van der Waals surface area contributed by atoms with Crippen LogP contribution in [0.4, 0.5) is 50.0 Å². The smallest absolute Gasteiger partial charge is 0.418 e. The molecule has 17 heteroatoms. The van der Waals surface area contributed by atoms with E-state index in [0.717, 1.165) is 31.4 Å². The van der Waals surface area contributed by atoms with E-state index in [0.29, 0.717) is 40.1 Å². The van der Waals surface area contributed by atoms with Gasteiger partial charge in [-0.2, -0.15) is 39.5 Å². The number of halogens is 9. The molecule has 2 atom stereocenters. The third kappa shape index (κ3) is 7.65. The van der Waals surface area contributed by atoms with Gasteiger partial charge < -0.3 is 9.47 Å². The number of rotatable bonds is 7. The Morgan fingerprint density at radius 1 is 0.958 bits per heavy atom. The van der Waals surface area contributed by atoms with Crippen LogP contribution in [-0.2, 0) is 33.3 Å². The summed E-state index contributed by atoms with van der Waals surface area (Å²) in [7, 11) is -2.05. The molecule has 0 spiro atoms. The number of allylic oxidation sites excluding steroid dienone is 1. The predicted molar refractivity (Wildman–Crippen MR) is 158 cm³/mol. The lowest BCUT2D eigenvalue weighted by Crippen LogP contribution is -2.35. The molecule has 0 radical (unpaired) electrons. The van der Waals surface area contributed by atoms with Crippen molar-refractivity contribution in [2.45, 2.75) is 70.7 Å². The number of alkyl halides is 9. The highest BCUT2D eigenvalue weighted by Crippen LogP contribution is 2.49. The fraction of sp³-hybridized carbons (Fsp3) is 0.516. The van der Waals surface area contributed by atoms with Gasteiger partial charge in [-0.3, -0.25) is 9.21 Å². The summed E-state index contributed by atoms with van der Waals surface area (Å²) < 4.78 is 159. The number of nitrogens with zero attached hydrogens (tertiary/aromatic N) is 2. The van der Waals surface area contributed by atoms with Crippen molar-refractivity contribution in [1.29, 1.82) is 0 Å². The van der Waals surface area contributed by atoms with Crippen molar-refractivity contribution < 1.29 is 62.2 Å². The van der Waals surface area contributed by atoms with Crippen molar-refractivity contribution in [2.75, 3.05) is 31.3 Å². The minimum Gasteiger partial charge on any atom is -0.496 e. The van der Waals surface area contributed by atoms with E-state index >= 15 is 0 Å². The van der Waals surface area contributed by atoms with Gasteiger partial charge >= 0.3 is 24.6 Å². The number of cyclic esters (lactones) is 1. The van der Waals surface area contributed by atoms with Crippen LogP contribution in [0.5, 0.6) is 5.75 Å². The van der Waals surface area contributed by atoms with Crippen molar-refractivity contribution >= 4 is 27.4 Å². The van der Waals surface area contributed by atoms with Gasteiger partial charge in [0.2, 0.25) is 10.0 Å². The minimum atomic E-state index is -5.13. The third-order valence-corrected chi connectivity index (χ3v) is 9.84. The van der Waals surface area contributed by atoms with Crippen LogP contribution in [0, 0.1) is 5.41 Å². The SMILES string of the molecule is COc1cc(C(F)(F)F)c(N(C)S(C)(=O)=O)cc1C1=C(CN2C(=O)O[C@H](c3cc(C(F)(F)F)cc(C(F)(F)F)c3)[C@@H]2C)CC(C)(C)CC1. The molecule has 2 aliphatic rings. The maximum absolute atomic E-state index is 14.1. The molecule has 0 N–H and O–H groups in total. The quantitative estimate of drug-likeness (QED) is 0.268. The number of ether oxygens (including phenoxy) is 2. The van der Waals surface area contributed by atoms with Gasteiger partial charge in [0.1, 0.15) is 11.9 Å². The Hall–Kier alpha value is -3.63. The average molecular weight is 717 g/mol. The first-order chi connectivity index (χ1) is 21.7. The lowest BCUT2D eigenvalue weighted by atomic mass is 9.72. The number of hydrogen-bond acceptors (Lipinski definition) is 5. The van der Waals surface area contributed by atoms with Crippen LogP contribution in [0.2, 0.25) is 0 Å². The molecule has 2 aromatic rings. The van der Waals surface area contributed by atoms with Crippen molar-refractivity contribution in [2.24, 2.45) is 5.41 Å². The second-order valence-corrected chi connectivity index (χ2v) is 14.7. The molecule has 0 bridgehead atoms. The summed E-state index contributed by atoms with van der Waals surface area (Å²) in [6.07, 6.45) is -15.9. The summed E-state index contributed by atoms with van der Waals surface area (Å²) in [5.41, 5.74) is -4.90. The molecule has 1 aliphatic heterocycles. The summed E-state index contributed by atoms with van der Waals surface area (Å²) in [4.78, 5) is 14.3. The van der Waals surface area contributed by atoms with Crippen LogP contribution in [0.1, 0.15) is 74.0 Å². The topological polar surface area (TPSA) is 76.2 Å². The molecule has 1 saturated heterocycles. The van der Waals surface area contributed by atoms with E-state index in [9.17, 15) is 52.7 Å². The van der Waals surface area contributed by atoms with Gasteiger partial charge in [0, 0.05) is 19.2 Å². The van der Waals surface area contributed by atoms with Crippen LogP contribution in [0.15, 0.2) is 35.9 Å². The summed E-state index contributed by atoms with van der Waals surface area (Å²) >= 11 is 0. The molecule has 0 aromatic heterocycles. The van der Waals surface area contributed by atoms with E-state index in [1.54, 1.807) is 0 Å². The minimum absolute atomic E-state index is 0.0309. The Kier molecular flexibility index (Phi) is 9.58. The first kappa shape index (κ1) is 37.2. The molecule has 48 heavy (non-hydrogen) atoms. The zero-order valence-electron chi connectivity index (χ0n) is 26.6. The molecular weight excluding hydrogens is 683 g/mol. The molecule has 7 nitrogen and oxygen atoms in total. The van der Waals surface area contributed by atoms with Crippen LogP contribution < -0.4 is 9.04 Å². The van der Waals surface area contributed by atoms with Crippen LogP contribution in [-0.4, -0.2) is 52.4 Å². The number of amides is 1. The fourth-order valence-electron chi connectivity index (χ4n) is 6.04. The van der Waals surface area contributed by atoms with Gasteiger partial charge in [-0.05, 0) is 78.6 Å². The lowest BCUT2D eigenvalue weighted by Gasteiger charge is -2.36. The van der Waals surface area contributed by atoms with E-state index in [4.69, 9.17) is 9.47 Å². The standard InChI is InChI=1S/C31H33F9N2O5S/c1-16-26(17-9-19(29(32,33)34)11-20(10-17)30(35,36)37)47-27(43)42(16)15-18-14-28(2,3)8-7-21(18)22-12-24(41(4)48(6,44)45)23(31(38,39)40)13-25(22)46-5/h9-13,16,26H,7-8,14-15H2,1-6H3/t16-,26-/m0/s1. The number of sulfonamides is 1. The maximum atomic E-state index is 14.1.